The second-order valence-corrected chi connectivity index (χ2v) is 6.22. The number of rotatable bonds is 9. The predicted octanol–water partition coefficient (Wildman–Crippen LogP) is 3.52. The number of hydrogen-bond donors (Lipinski definition) is 1. The summed E-state index contributed by atoms with van der Waals surface area (Å²) in [4.78, 5) is 2.51. The lowest BCUT2D eigenvalue weighted by Crippen LogP contribution is -2.47. The van der Waals surface area contributed by atoms with Crippen molar-refractivity contribution < 1.29 is 0 Å². The van der Waals surface area contributed by atoms with E-state index >= 15 is 0 Å². The van der Waals surface area contributed by atoms with Crippen LogP contribution in [0.15, 0.2) is 0 Å². The first-order chi connectivity index (χ1) is 7.85. The van der Waals surface area contributed by atoms with Crippen molar-refractivity contribution in [3.8, 4) is 0 Å². The van der Waals surface area contributed by atoms with Gasteiger partial charge in [0.05, 0.1) is 0 Å². The maximum atomic E-state index is 3.62. The average molecular weight is 242 g/mol. The molecule has 1 N–H and O–H groups in total. The van der Waals surface area contributed by atoms with Gasteiger partial charge in [0.25, 0.3) is 0 Å². The highest BCUT2D eigenvalue weighted by Crippen LogP contribution is 2.23. The quantitative estimate of drug-likeness (QED) is 0.665. The van der Waals surface area contributed by atoms with Gasteiger partial charge in [-0.1, -0.05) is 34.1 Å². The number of hydrogen-bond acceptors (Lipinski definition) is 2. The lowest BCUT2D eigenvalue weighted by molar-refractivity contribution is 0.131. The van der Waals surface area contributed by atoms with E-state index in [2.05, 4.69) is 58.8 Å². The summed E-state index contributed by atoms with van der Waals surface area (Å²) < 4.78 is 0. The van der Waals surface area contributed by atoms with Crippen molar-refractivity contribution in [2.24, 2.45) is 5.41 Å². The second-order valence-electron chi connectivity index (χ2n) is 6.22. The summed E-state index contributed by atoms with van der Waals surface area (Å²) in [5, 5.41) is 3.62. The van der Waals surface area contributed by atoms with E-state index in [1.165, 1.54) is 19.3 Å². The molecule has 17 heavy (non-hydrogen) atoms. The molecule has 0 aliphatic heterocycles. The van der Waals surface area contributed by atoms with Crippen molar-refractivity contribution in [3.63, 3.8) is 0 Å². The first kappa shape index (κ1) is 16.9. The fourth-order valence-electron chi connectivity index (χ4n) is 2.21. The Morgan fingerprint density at radius 1 is 1.12 bits per heavy atom. The van der Waals surface area contributed by atoms with Crippen LogP contribution in [-0.2, 0) is 0 Å². The summed E-state index contributed by atoms with van der Waals surface area (Å²) in [7, 11) is 2.26. The molecule has 0 bridgehead atoms. The maximum Gasteiger partial charge on any atom is 0.0102 e. The third kappa shape index (κ3) is 6.42. The lowest BCUT2D eigenvalue weighted by Gasteiger charge is -2.38. The van der Waals surface area contributed by atoms with E-state index in [1.54, 1.807) is 0 Å². The minimum absolute atomic E-state index is 0.325. The molecule has 104 valence electrons. The molecule has 0 aromatic heterocycles. The van der Waals surface area contributed by atoms with Crippen molar-refractivity contribution in [1.29, 1.82) is 0 Å². The van der Waals surface area contributed by atoms with Crippen LogP contribution in [0.3, 0.4) is 0 Å². The minimum atomic E-state index is 0.325. The Morgan fingerprint density at radius 3 is 2.18 bits per heavy atom. The molecule has 0 saturated carbocycles. The molecule has 0 spiro atoms. The lowest BCUT2D eigenvalue weighted by atomic mass is 9.84. The molecule has 2 atom stereocenters. The van der Waals surface area contributed by atoms with Crippen LogP contribution >= 0.6 is 0 Å². The molecular formula is C15H34N2. The van der Waals surface area contributed by atoms with Crippen molar-refractivity contribution in [2.45, 2.75) is 72.9 Å². The van der Waals surface area contributed by atoms with Gasteiger partial charge in [0.1, 0.15) is 0 Å². The molecule has 0 heterocycles. The zero-order valence-electron chi connectivity index (χ0n) is 13.1. The Bertz CT molecular complexity index is 189. The Kier molecular flexibility index (Phi) is 8.06. The van der Waals surface area contributed by atoms with Gasteiger partial charge in [-0.25, -0.2) is 0 Å². The van der Waals surface area contributed by atoms with Gasteiger partial charge in [-0.2, -0.15) is 0 Å². The molecule has 2 nitrogen and oxygen atoms in total. The zero-order valence-corrected chi connectivity index (χ0v) is 13.1. The van der Waals surface area contributed by atoms with Crippen LogP contribution in [-0.4, -0.2) is 37.1 Å². The van der Waals surface area contributed by atoms with Gasteiger partial charge >= 0.3 is 0 Å². The predicted molar refractivity (Wildman–Crippen MR) is 78.5 cm³/mol. The molecule has 0 aliphatic carbocycles. The fraction of sp³-hybridized carbons (Fsp3) is 1.00. The summed E-state index contributed by atoms with van der Waals surface area (Å²) in [6, 6.07) is 1.26. The maximum absolute atomic E-state index is 3.62. The minimum Gasteiger partial charge on any atom is -0.314 e. The molecule has 2 unspecified atom stereocenters. The van der Waals surface area contributed by atoms with E-state index in [4.69, 9.17) is 0 Å². The molecule has 0 rings (SSSR count). The van der Waals surface area contributed by atoms with E-state index in [0.717, 1.165) is 13.1 Å². The number of nitrogens with zero attached hydrogens (tertiary/aromatic N) is 1. The van der Waals surface area contributed by atoms with Crippen LogP contribution in [0.5, 0.6) is 0 Å². The van der Waals surface area contributed by atoms with Crippen molar-refractivity contribution in [2.75, 3.05) is 20.1 Å². The second kappa shape index (κ2) is 8.10. The standard InChI is InChI=1S/C15H34N2/c1-8-10-13(3)17(7)12-15(5,6)14(4)16-11-9-2/h13-14,16H,8-12H2,1-7H3. The van der Waals surface area contributed by atoms with E-state index < -0.39 is 0 Å². The molecular weight excluding hydrogens is 208 g/mol. The van der Waals surface area contributed by atoms with Gasteiger partial charge in [-0.3, -0.25) is 0 Å². The van der Waals surface area contributed by atoms with Gasteiger partial charge in [0.15, 0.2) is 0 Å². The fourth-order valence-corrected chi connectivity index (χ4v) is 2.21. The normalized spacial score (nSPS) is 16.2. The highest BCUT2D eigenvalue weighted by Gasteiger charge is 2.27. The van der Waals surface area contributed by atoms with Gasteiger partial charge in [-0.05, 0) is 45.7 Å². The van der Waals surface area contributed by atoms with Gasteiger partial charge in [0.2, 0.25) is 0 Å². The summed E-state index contributed by atoms with van der Waals surface area (Å²) in [5.74, 6) is 0. The van der Waals surface area contributed by atoms with Crippen LogP contribution in [0.4, 0.5) is 0 Å². The van der Waals surface area contributed by atoms with Crippen molar-refractivity contribution in [1.82, 2.24) is 10.2 Å². The SMILES string of the molecule is CCCNC(C)C(C)(C)CN(C)C(C)CCC. The van der Waals surface area contributed by atoms with Crippen molar-refractivity contribution in [3.05, 3.63) is 0 Å². The first-order valence-corrected chi connectivity index (χ1v) is 7.28. The van der Waals surface area contributed by atoms with Crippen LogP contribution in [0.25, 0.3) is 0 Å². The summed E-state index contributed by atoms with van der Waals surface area (Å²) in [5.41, 5.74) is 0.325. The van der Waals surface area contributed by atoms with Crippen LogP contribution in [0.2, 0.25) is 0 Å². The first-order valence-electron chi connectivity index (χ1n) is 7.28. The van der Waals surface area contributed by atoms with E-state index in [1.807, 2.05) is 0 Å². The Balaban J connectivity index is 4.21. The van der Waals surface area contributed by atoms with Gasteiger partial charge in [0, 0.05) is 18.6 Å². The third-order valence-electron chi connectivity index (χ3n) is 3.99. The molecule has 0 amide bonds. The average Bonchev–Trinajstić information content (AvgIpc) is 2.25. The van der Waals surface area contributed by atoms with Crippen LogP contribution < -0.4 is 5.32 Å². The van der Waals surface area contributed by atoms with Gasteiger partial charge in [-0.15, -0.1) is 0 Å². The summed E-state index contributed by atoms with van der Waals surface area (Å²) in [6.45, 7) is 16.2. The summed E-state index contributed by atoms with van der Waals surface area (Å²) in [6.07, 6.45) is 3.78. The van der Waals surface area contributed by atoms with E-state index in [9.17, 15) is 0 Å². The largest absolute Gasteiger partial charge is 0.314 e. The van der Waals surface area contributed by atoms with Gasteiger partial charge < -0.3 is 10.2 Å². The molecule has 0 radical (unpaired) electrons. The van der Waals surface area contributed by atoms with Crippen molar-refractivity contribution >= 4 is 0 Å². The molecule has 0 saturated heterocycles. The van der Waals surface area contributed by atoms with Crippen LogP contribution in [0.1, 0.15) is 60.8 Å². The summed E-state index contributed by atoms with van der Waals surface area (Å²) >= 11 is 0. The van der Waals surface area contributed by atoms with E-state index in [0.29, 0.717) is 17.5 Å². The topological polar surface area (TPSA) is 15.3 Å². The smallest absolute Gasteiger partial charge is 0.0102 e. The zero-order chi connectivity index (χ0) is 13.5. The van der Waals surface area contributed by atoms with E-state index in [-0.39, 0.29) is 0 Å². The Hall–Kier alpha value is -0.0800. The third-order valence-corrected chi connectivity index (χ3v) is 3.99. The Morgan fingerprint density at radius 2 is 1.71 bits per heavy atom. The highest BCUT2D eigenvalue weighted by atomic mass is 15.1. The molecule has 0 fully saturated rings. The molecule has 0 aromatic carbocycles. The van der Waals surface area contributed by atoms with Crippen LogP contribution in [0, 0.1) is 5.41 Å². The number of nitrogens with one attached hydrogen (secondary N) is 1. The highest BCUT2D eigenvalue weighted by molar-refractivity contribution is 4.84. The molecule has 0 aliphatic rings. The monoisotopic (exact) mass is 242 g/mol. The molecule has 2 heteroatoms. The Labute approximate surface area is 109 Å². The molecule has 0 aromatic rings.